The Bertz CT molecular complexity index is 1650. The van der Waals surface area contributed by atoms with Gasteiger partial charge in [-0.25, -0.2) is 0 Å². The number of ether oxygens (including phenoxy) is 1. The standard InChI is InChI=1S/C34H42N4O6Si/c1-5-14-38-28-13-12-23(36-30(40)16-22-19-35-27-11-7-6-10-25(22)27)17-26(28)34(33(38)42)21(2)32(45(3,4)43)29(44-34)18-31(41)37-15-8-9-24(37)20-39/h5-7,10-13,17,19,21,24,29,32,35,39,43H,1,8-9,14-16,18,20H2,2-4H3,(H,36,40)/t21-,24-,29+,32-,34+/m0/s1. The zero-order valence-corrected chi connectivity index (χ0v) is 27.1. The number of nitrogens with zero attached hydrogens (tertiary/aromatic N) is 2. The molecule has 3 aliphatic heterocycles. The van der Waals surface area contributed by atoms with Gasteiger partial charge in [-0.05, 0) is 55.8 Å². The molecule has 0 unspecified atom stereocenters. The molecule has 0 radical (unpaired) electrons. The van der Waals surface area contributed by atoms with Gasteiger partial charge in [-0.3, -0.25) is 14.4 Å². The van der Waals surface area contributed by atoms with Crippen LogP contribution in [-0.4, -0.2) is 77.7 Å². The molecule has 6 rings (SSSR count). The van der Waals surface area contributed by atoms with Gasteiger partial charge >= 0.3 is 0 Å². The van der Waals surface area contributed by atoms with Gasteiger partial charge in [-0.15, -0.1) is 6.58 Å². The van der Waals surface area contributed by atoms with E-state index in [-0.39, 0.29) is 49.8 Å². The number of aromatic nitrogens is 1. The summed E-state index contributed by atoms with van der Waals surface area (Å²) in [5.41, 5.74) is 1.78. The van der Waals surface area contributed by atoms with Gasteiger partial charge in [-0.1, -0.05) is 31.2 Å². The number of likely N-dealkylation sites (tertiary alicyclic amines) is 1. The van der Waals surface area contributed by atoms with Crippen molar-refractivity contribution in [3.05, 3.63) is 72.4 Å². The van der Waals surface area contributed by atoms with Crippen molar-refractivity contribution >= 4 is 48.3 Å². The van der Waals surface area contributed by atoms with Crippen LogP contribution in [0.2, 0.25) is 18.6 Å². The number of fused-ring (bicyclic) bond motifs is 3. The van der Waals surface area contributed by atoms with Crippen molar-refractivity contribution in [2.24, 2.45) is 5.92 Å². The van der Waals surface area contributed by atoms with E-state index in [4.69, 9.17) is 4.74 Å². The molecule has 2 aromatic carbocycles. The smallest absolute Gasteiger partial charge is 0.264 e. The van der Waals surface area contributed by atoms with Crippen LogP contribution in [0.3, 0.4) is 0 Å². The van der Waals surface area contributed by atoms with Crippen molar-refractivity contribution in [1.82, 2.24) is 9.88 Å². The van der Waals surface area contributed by atoms with E-state index in [0.29, 0.717) is 23.5 Å². The highest BCUT2D eigenvalue weighted by atomic mass is 28.4. The van der Waals surface area contributed by atoms with Crippen molar-refractivity contribution in [3.63, 3.8) is 0 Å². The molecule has 238 valence electrons. The first-order chi connectivity index (χ1) is 21.5. The number of carbonyl (C=O) groups excluding carboxylic acids is 3. The number of carbonyl (C=O) groups is 3. The Morgan fingerprint density at radius 3 is 2.76 bits per heavy atom. The molecule has 45 heavy (non-hydrogen) atoms. The number of nitrogens with one attached hydrogen (secondary N) is 2. The highest BCUT2D eigenvalue weighted by molar-refractivity contribution is 6.71. The lowest BCUT2D eigenvalue weighted by Crippen LogP contribution is -2.46. The Balaban J connectivity index is 1.33. The van der Waals surface area contributed by atoms with Crippen LogP contribution in [0.5, 0.6) is 0 Å². The number of hydrogen-bond donors (Lipinski definition) is 4. The molecule has 2 fully saturated rings. The second-order valence-electron chi connectivity index (χ2n) is 13.2. The van der Waals surface area contributed by atoms with Gasteiger partial charge < -0.3 is 34.7 Å². The third-order valence-electron chi connectivity index (χ3n) is 9.89. The first-order valence-electron chi connectivity index (χ1n) is 15.7. The van der Waals surface area contributed by atoms with Gasteiger partial charge in [0.1, 0.15) is 0 Å². The second-order valence-corrected chi connectivity index (χ2v) is 17.1. The molecule has 3 aliphatic rings. The van der Waals surface area contributed by atoms with Gasteiger partial charge in [0, 0.05) is 52.9 Å². The molecule has 0 saturated carbocycles. The largest absolute Gasteiger partial charge is 0.432 e. The van der Waals surface area contributed by atoms with E-state index in [1.165, 1.54) is 0 Å². The SMILES string of the molecule is C=CCN1C(=O)[C@]2(O[C@H](CC(=O)N3CCC[C@H]3CO)[C@@H]([Si](C)(C)O)[C@@H]2C)c2cc(NC(=O)Cc3c[nH]c4ccccc34)ccc21. The van der Waals surface area contributed by atoms with Crippen LogP contribution in [0.4, 0.5) is 11.4 Å². The van der Waals surface area contributed by atoms with Crippen LogP contribution in [0.1, 0.15) is 37.3 Å². The topological polar surface area (TPSA) is 135 Å². The Morgan fingerprint density at radius 1 is 1.24 bits per heavy atom. The number of para-hydroxylation sites is 1. The van der Waals surface area contributed by atoms with Crippen LogP contribution < -0.4 is 10.2 Å². The van der Waals surface area contributed by atoms with E-state index in [9.17, 15) is 24.3 Å². The quantitative estimate of drug-likeness (QED) is 0.208. The van der Waals surface area contributed by atoms with Gasteiger partial charge in [-0.2, -0.15) is 0 Å². The maximum atomic E-state index is 14.4. The zero-order valence-electron chi connectivity index (χ0n) is 26.1. The van der Waals surface area contributed by atoms with Gasteiger partial charge in [0.15, 0.2) is 13.9 Å². The first-order valence-corrected chi connectivity index (χ1v) is 18.7. The minimum Gasteiger partial charge on any atom is -0.432 e. The summed E-state index contributed by atoms with van der Waals surface area (Å²) >= 11 is 0. The fourth-order valence-corrected chi connectivity index (χ4v) is 10.5. The maximum Gasteiger partial charge on any atom is 0.264 e. The molecule has 3 amide bonds. The van der Waals surface area contributed by atoms with E-state index >= 15 is 0 Å². The van der Waals surface area contributed by atoms with Crippen LogP contribution >= 0.6 is 0 Å². The molecule has 11 heteroatoms. The maximum absolute atomic E-state index is 14.4. The number of aromatic amines is 1. The average molecular weight is 631 g/mol. The van der Waals surface area contributed by atoms with Gasteiger partial charge in [0.2, 0.25) is 11.8 Å². The van der Waals surface area contributed by atoms with E-state index in [2.05, 4.69) is 16.9 Å². The molecular formula is C34H42N4O6Si. The molecule has 1 spiro atoms. The molecule has 5 atom stereocenters. The average Bonchev–Trinajstić information content (AvgIpc) is 3.75. The van der Waals surface area contributed by atoms with Crippen LogP contribution in [0, 0.1) is 5.92 Å². The van der Waals surface area contributed by atoms with E-state index in [0.717, 1.165) is 29.3 Å². The zero-order chi connectivity index (χ0) is 32.1. The molecule has 0 bridgehead atoms. The summed E-state index contributed by atoms with van der Waals surface area (Å²) in [6.07, 6.45) is 4.55. The Morgan fingerprint density at radius 2 is 2.02 bits per heavy atom. The highest BCUT2D eigenvalue weighted by Crippen LogP contribution is 2.60. The lowest BCUT2D eigenvalue weighted by Gasteiger charge is -2.32. The molecule has 3 aromatic rings. The van der Waals surface area contributed by atoms with E-state index in [1.54, 1.807) is 28.0 Å². The molecule has 1 aromatic heterocycles. The lowest BCUT2D eigenvalue weighted by molar-refractivity contribution is -0.149. The number of hydrogen-bond acceptors (Lipinski definition) is 6. The van der Waals surface area contributed by atoms with Crippen molar-refractivity contribution < 1.29 is 29.0 Å². The second kappa shape index (κ2) is 11.9. The summed E-state index contributed by atoms with van der Waals surface area (Å²) in [7, 11) is -2.97. The minimum absolute atomic E-state index is 0.00929. The fraction of sp³-hybridized carbons (Fsp3) is 0.441. The van der Waals surface area contributed by atoms with Crippen molar-refractivity contribution in [3.8, 4) is 0 Å². The third kappa shape index (κ3) is 5.31. The number of anilines is 2. The van der Waals surface area contributed by atoms with E-state index < -0.39 is 31.5 Å². The molecule has 10 nitrogen and oxygen atoms in total. The summed E-state index contributed by atoms with van der Waals surface area (Å²) in [4.78, 5) is 59.2. The van der Waals surface area contributed by atoms with Crippen molar-refractivity contribution in [2.45, 2.75) is 69.0 Å². The van der Waals surface area contributed by atoms with Gasteiger partial charge in [0.25, 0.3) is 5.91 Å². The lowest BCUT2D eigenvalue weighted by atomic mass is 9.82. The van der Waals surface area contributed by atoms with Crippen molar-refractivity contribution in [1.29, 1.82) is 0 Å². The summed E-state index contributed by atoms with van der Waals surface area (Å²) in [5.74, 6) is -1.06. The Hall–Kier alpha value is -3.77. The predicted octanol–water partition coefficient (Wildman–Crippen LogP) is 4.05. The predicted molar refractivity (Wildman–Crippen MR) is 175 cm³/mol. The molecule has 4 heterocycles. The molecular weight excluding hydrogens is 588 g/mol. The number of benzene rings is 2. The van der Waals surface area contributed by atoms with Crippen LogP contribution in [-0.2, 0) is 31.1 Å². The molecule has 0 aliphatic carbocycles. The number of rotatable bonds is 9. The highest BCUT2D eigenvalue weighted by Gasteiger charge is 2.66. The number of aliphatic hydroxyl groups is 1. The number of H-pyrrole nitrogens is 1. The Labute approximate surface area is 264 Å². The minimum atomic E-state index is -2.97. The number of aliphatic hydroxyl groups excluding tert-OH is 1. The first kappa shape index (κ1) is 31.2. The summed E-state index contributed by atoms with van der Waals surface area (Å²) < 4.78 is 6.79. The van der Waals surface area contributed by atoms with Gasteiger partial charge in [0.05, 0.1) is 37.3 Å². The molecule has 4 N–H and O–H groups in total. The summed E-state index contributed by atoms with van der Waals surface area (Å²) in [6, 6.07) is 13.0. The van der Waals surface area contributed by atoms with E-state index in [1.807, 2.05) is 56.5 Å². The number of amides is 3. The third-order valence-corrected chi connectivity index (χ3v) is 12.4. The fourth-order valence-electron chi connectivity index (χ4n) is 7.96. The monoisotopic (exact) mass is 630 g/mol. The summed E-state index contributed by atoms with van der Waals surface area (Å²) in [6.45, 7) is 10.1. The summed E-state index contributed by atoms with van der Waals surface area (Å²) in [5, 5.41) is 13.8. The normalized spacial score (nSPS) is 26.2. The van der Waals surface area contributed by atoms with Crippen LogP contribution in [0.15, 0.2) is 61.3 Å². The molecule has 2 saturated heterocycles. The Kier molecular flexibility index (Phi) is 8.23. The van der Waals surface area contributed by atoms with Crippen LogP contribution in [0.25, 0.3) is 10.9 Å². The van der Waals surface area contributed by atoms with Crippen molar-refractivity contribution in [2.75, 3.05) is 29.9 Å².